The highest BCUT2D eigenvalue weighted by Crippen LogP contribution is 2.27. The third-order valence-corrected chi connectivity index (χ3v) is 3.14. The Morgan fingerprint density at radius 3 is 2.93 bits per heavy atom. The molecular weight excluding hydrogens is 186 g/mol. The molecule has 0 aliphatic heterocycles. The Balaban J connectivity index is 1.73. The summed E-state index contributed by atoms with van der Waals surface area (Å²) in [6.07, 6.45) is 8.60. The molecule has 0 bridgehead atoms. The second-order valence-corrected chi connectivity index (χ2v) is 4.46. The van der Waals surface area contributed by atoms with E-state index in [9.17, 15) is 0 Å². The molecule has 1 saturated carbocycles. The Bertz CT molecular complexity index is 305. The Morgan fingerprint density at radius 2 is 2.20 bits per heavy atom. The van der Waals surface area contributed by atoms with Crippen LogP contribution in [0.3, 0.4) is 0 Å². The molecule has 0 unspecified atom stereocenters. The molecule has 0 spiro atoms. The zero-order chi connectivity index (χ0) is 10.5. The Labute approximate surface area is 91.7 Å². The molecule has 82 valence electrons. The Hall–Kier alpha value is -1.05. The van der Waals surface area contributed by atoms with Gasteiger partial charge in [0.15, 0.2) is 0 Å². The van der Waals surface area contributed by atoms with Crippen LogP contribution in [0.15, 0.2) is 18.3 Å². The number of rotatable bonds is 4. The van der Waals surface area contributed by atoms with Crippen molar-refractivity contribution < 1.29 is 4.74 Å². The summed E-state index contributed by atoms with van der Waals surface area (Å²) in [5.41, 5.74) is 1.21. The largest absolute Gasteiger partial charge is 0.478 e. The summed E-state index contributed by atoms with van der Waals surface area (Å²) in [6, 6.07) is 3.98. The second kappa shape index (κ2) is 5.15. The topological polar surface area (TPSA) is 22.1 Å². The number of hydrogen-bond acceptors (Lipinski definition) is 2. The number of aryl methyl sites for hydroxylation is 1. The van der Waals surface area contributed by atoms with E-state index < -0.39 is 0 Å². The summed E-state index contributed by atoms with van der Waals surface area (Å²) < 4.78 is 5.64. The van der Waals surface area contributed by atoms with E-state index in [-0.39, 0.29) is 0 Å². The summed E-state index contributed by atoms with van der Waals surface area (Å²) in [5.74, 6) is 1.67. The molecule has 1 fully saturated rings. The second-order valence-electron chi connectivity index (χ2n) is 4.46. The molecular formula is C13H19NO. The van der Waals surface area contributed by atoms with E-state index in [0.29, 0.717) is 0 Å². The van der Waals surface area contributed by atoms with Gasteiger partial charge in [0, 0.05) is 12.3 Å². The van der Waals surface area contributed by atoms with Crippen LogP contribution in [0.5, 0.6) is 5.88 Å². The number of hydrogen-bond donors (Lipinski definition) is 0. The molecule has 0 atom stereocenters. The fourth-order valence-corrected chi connectivity index (χ4v) is 2.22. The minimum absolute atomic E-state index is 0.771. The summed E-state index contributed by atoms with van der Waals surface area (Å²) in [5, 5.41) is 0. The average Bonchev–Trinajstić information content (AvgIpc) is 2.71. The summed E-state index contributed by atoms with van der Waals surface area (Å²) in [4.78, 5) is 4.18. The quantitative estimate of drug-likeness (QED) is 0.752. The van der Waals surface area contributed by atoms with Crippen LogP contribution in [0, 0.1) is 12.8 Å². The van der Waals surface area contributed by atoms with E-state index in [1.807, 2.05) is 12.1 Å². The van der Waals surface area contributed by atoms with Crippen LogP contribution in [0.25, 0.3) is 0 Å². The molecule has 0 N–H and O–H groups in total. The van der Waals surface area contributed by atoms with Gasteiger partial charge in [0.2, 0.25) is 5.88 Å². The van der Waals surface area contributed by atoms with Crippen molar-refractivity contribution in [1.82, 2.24) is 4.98 Å². The van der Waals surface area contributed by atoms with Crippen molar-refractivity contribution in [2.75, 3.05) is 6.61 Å². The Kier molecular flexibility index (Phi) is 3.59. The van der Waals surface area contributed by atoms with Crippen molar-refractivity contribution >= 4 is 0 Å². The first kappa shape index (κ1) is 10.5. The highest BCUT2D eigenvalue weighted by Gasteiger charge is 2.14. The van der Waals surface area contributed by atoms with Crippen molar-refractivity contribution in [3.63, 3.8) is 0 Å². The molecule has 1 aliphatic carbocycles. The molecule has 15 heavy (non-hydrogen) atoms. The van der Waals surface area contributed by atoms with Gasteiger partial charge in [0.05, 0.1) is 6.61 Å². The van der Waals surface area contributed by atoms with Crippen LogP contribution in [-0.2, 0) is 0 Å². The molecule has 2 rings (SSSR count). The van der Waals surface area contributed by atoms with Gasteiger partial charge < -0.3 is 4.74 Å². The van der Waals surface area contributed by atoms with Gasteiger partial charge >= 0.3 is 0 Å². The third-order valence-electron chi connectivity index (χ3n) is 3.14. The molecule has 0 amide bonds. The molecule has 1 heterocycles. The van der Waals surface area contributed by atoms with E-state index in [1.165, 1.54) is 37.7 Å². The fourth-order valence-electron chi connectivity index (χ4n) is 2.22. The van der Waals surface area contributed by atoms with Crippen molar-refractivity contribution in [3.8, 4) is 5.88 Å². The van der Waals surface area contributed by atoms with Gasteiger partial charge in [-0.2, -0.15) is 0 Å². The molecule has 0 aromatic carbocycles. The molecule has 0 radical (unpaired) electrons. The van der Waals surface area contributed by atoms with Gasteiger partial charge in [0.25, 0.3) is 0 Å². The van der Waals surface area contributed by atoms with Crippen molar-refractivity contribution in [2.24, 2.45) is 5.92 Å². The SMILES string of the molecule is Cc1ccnc(OCCC2CCCC2)c1. The van der Waals surface area contributed by atoms with E-state index in [4.69, 9.17) is 4.74 Å². The number of ether oxygens (including phenoxy) is 1. The van der Waals surface area contributed by atoms with Crippen molar-refractivity contribution in [3.05, 3.63) is 23.9 Å². The summed E-state index contributed by atoms with van der Waals surface area (Å²) in [6.45, 7) is 2.88. The van der Waals surface area contributed by atoms with Gasteiger partial charge in [-0.15, -0.1) is 0 Å². The minimum Gasteiger partial charge on any atom is -0.478 e. The fraction of sp³-hybridized carbons (Fsp3) is 0.615. The maximum atomic E-state index is 5.64. The monoisotopic (exact) mass is 205 g/mol. The highest BCUT2D eigenvalue weighted by molar-refractivity contribution is 5.18. The van der Waals surface area contributed by atoms with Crippen LogP contribution in [-0.4, -0.2) is 11.6 Å². The number of nitrogens with zero attached hydrogens (tertiary/aromatic N) is 1. The maximum absolute atomic E-state index is 5.64. The van der Waals surface area contributed by atoms with E-state index >= 15 is 0 Å². The minimum atomic E-state index is 0.771. The van der Waals surface area contributed by atoms with Crippen LogP contribution in [0.2, 0.25) is 0 Å². The maximum Gasteiger partial charge on any atom is 0.213 e. The molecule has 1 aliphatic rings. The van der Waals surface area contributed by atoms with Gasteiger partial charge in [-0.1, -0.05) is 25.7 Å². The van der Waals surface area contributed by atoms with Gasteiger partial charge in [-0.05, 0) is 30.9 Å². The number of aromatic nitrogens is 1. The Morgan fingerprint density at radius 1 is 1.40 bits per heavy atom. The van der Waals surface area contributed by atoms with Gasteiger partial charge in [-0.3, -0.25) is 0 Å². The van der Waals surface area contributed by atoms with Crippen LogP contribution >= 0.6 is 0 Å². The number of pyridine rings is 1. The zero-order valence-electron chi connectivity index (χ0n) is 9.41. The third kappa shape index (κ3) is 3.22. The summed E-state index contributed by atoms with van der Waals surface area (Å²) >= 11 is 0. The van der Waals surface area contributed by atoms with E-state index in [2.05, 4.69) is 11.9 Å². The molecule has 0 saturated heterocycles. The highest BCUT2D eigenvalue weighted by atomic mass is 16.5. The summed E-state index contributed by atoms with van der Waals surface area (Å²) in [7, 11) is 0. The van der Waals surface area contributed by atoms with Crippen LogP contribution < -0.4 is 4.74 Å². The zero-order valence-corrected chi connectivity index (χ0v) is 9.41. The molecule has 1 aromatic heterocycles. The van der Waals surface area contributed by atoms with E-state index in [1.54, 1.807) is 6.20 Å². The van der Waals surface area contributed by atoms with Crippen LogP contribution in [0.4, 0.5) is 0 Å². The average molecular weight is 205 g/mol. The van der Waals surface area contributed by atoms with Crippen molar-refractivity contribution in [2.45, 2.75) is 39.0 Å². The molecule has 2 heteroatoms. The first-order valence-corrected chi connectivity index (χ1v) is 5.90. The normalized spacial score (nSPS) is 16.9. The standard InChI is InChI=1S/C13H19NO/c1-11-6-8-14-13(10-11)15-9-7-12-4-2-3-5-12/h6,8,10,12H,2-5,7,9H2,1H3. The predicted octanol–water partition coefficient (Wildman–Crippen LogP) is 3.35. The lowest BCUT2D eigenvalue weighted by Crippen LogP contribution is -2.04. The predicted molar refractivity (Wildman–Crippen MR) is 61.0 cm³/mol. The smallest absolute Gasteiger partial charge is 0.213 e. The lowest BCUT2D eigenvalue weighted by molar-refractivity contribution is 0.270. The van der Waals surface area contributed by atoms with Gasteiger partial charge in [0.1, 0.15) is 0 Å². The first-order valence-electron chi connectivity index (χ1n) is 5.90. The molecule has 2 nitrogen and oxygen atoms in total. The lowest BCUT2D eigenvalue weighted by Gasteiger charge is -2.09. The van der Waals surface area contributed by atoms with Crippen molar-refractivity contribution in [1.29, 1.82) is 0 Å². The lowest BCUT2D eigenvalue weighted by atomic mass is 10.1. The first-order chi connectivity index (χ1) is 7.34. The molecule has 1 aromatic rings. The van der Waals surface area contributed by atoms with Crippen LogP contribution in [0.1, 0.15) is 37.7 Å². The van der Waals surface area contributed by atoms with Gasteiger partial charge in [-0.25, -0.2) is 4.98 Å². The van der Waals surface area contributed by atoms with E-state index in [0.717, 1.165) is 18.4 Å².